The van der Waals surface area contributed by atoms with E-state index in [1.807, 2.05) is 0 Å². The highest BCUT2D eigenvalue weighted by molar-refractivity contribution is 5.27. The molecule has 0 unspecified atom stereocenters. The number of fused-ring (bicyclic) bond motifs is 1. The Morgan fingerprint density at radius 3 is 2.79 bits per heavy atom. The van der Waals surface area contributed by atoms with E-state index in [0.717, 1.165) is 19.5 Å². The van der Waals surface area contributed by atoms with Crippen molar-refractivity contribution in [3.63, 3.8) is 0 Å². The van der Waals surface area contributed by atoms with Crippen LogP contribution in [-0.2, 0) is 18.4 Å². The van der Waals surface area contributed by atoms with Crippen molar-refractivity contribution in [2.24, 2.45) is 0 Å². The number of hydrogen-bond acceptors (Lipinski definition) is 2. The van der Waals surface area contributed by atoms with Gasteiger partial charge in [-0.1, -0.05) is 26.8 Å². The van der Waals surface area contributed by atoms with E-state index in [-0.39, 0.29) is 5.41 Å². The molecule has 1 aliphatic heterocycles. The Kier molecular flexibility index (Phi) is 2.31. The van der Waals surface area contributed by atoms with Gasteiger partial charge in [0.05, 0.1) is 0 Å². The van der Waals surface area contributed by atoms with Crippen LogP contribution in [-0.4, -0.2) is 11.5 Å². The van der Waals surface area contributed by atoms with Crippen molar-refractivity contribution in [3.8, 4) is 0 Å². The van der Waals surface area contributed by atoms with E-state index in [0.29, 0.717) is 0 Å². The van der Waals surface area contributed by atoms with Gasteiger partial charge < -0.3 is 5.32 Å². The Hall–Kier alpha value is -0.890. The molecule has 14 heavy (non-hydrogen) atoms. The summed E-state index contributed by atoms with van der Waals surface area (Å²) < 4.78 is 0. The fourth-order valence-electron chi connectivity index (χ4n) is 1.76. The third kappa shape index (κ3) is 1.80. The average Bonchev–Trinajstić information content (AvgIpc) is 2.16. The number of hydrogen-bond donors (Lipinski definition) is 1. The molecule has 1 N–H and O–H groups in total. The van der Waals surface area contributed by atoms with Crippen LogP contribution in [0.5, 0.6) is 0 Å². The van der Waals surface area contributed by atoms with Crippen LogP contribution in [0, 0.1) is 0 Å². The summed E-state index contributed by atoms with van der Waals surface area (Å²) in [6.45, 7) is 8.68. The van der Waals surface area contributed by atoms with Gasteiger partial charge in [-0.15, -0.1) is 0 Å². The van der Waals surface area contributed by atoms with Gasteiger partial charge in [-0.05, 0) is 11.6 Å². The molecule has 0 aliphatic carbocycles. The molecule has 0 saturated heterocycles. The zero-order valence-electron chi connectivity index (χ0n) is 9.22. The van der Waals surface area contributed by atoms with E-state index in [4.69, 9.17) is 4.98 Å². The van der Waals surface area contributed by atoms with E-state index < -0.39 is 0 Å². The molecule has 2 rings (SSSR count). The van der Waals surface area contributed by atoms with Gasteiger partial charge in [-0.3, -0.25) is 4.98 Å². The normalized spacial score (nSPS) is 16.5. The predicted molar refractivity (Wildman–Crippen MR) is 58.3 cm³/mol. The quantitative estimate of drug-likeness (QED) is 0.677. The second-order valence-electron chi connectivity index (χ2n) is 4.98. The molecule has 0 saturated carbocycles. The van der Waals surface area contributed by atoms with Crippen molar-refractivity contribution in [2.75, 3.05) is 6.54 Å². The minimum atomic E-state index is 0.167. The molecule has 1 aromatic rings. The maximum Gasteiger partial charge on any atom is 0.0464 e. The minimum Gasteiger partial charge on any atom is -0.312 e. The fourth-order valence-corrected chi connectivity index (χ4v) is 1.76. The summed E-state index contributed by atoms with van der Waals surface area (Å²) >= 11 is 0. The second-order valence-corrected chi connectivity index (χ2v) is 4.98. The average molecular weight is 190 g/mol. The molecule has 1 aromatic heterocycles. The van der Waals surface area contributed by atoms with Gasteiger partial charge in [-0.2, -0.15) is 0 Å². The van der Waals surface area contributed by atoms with Crippen LogP contribution < -0.4 is 5.32 Å². The highest BCUT2D eigenvalue weighted by atomic mass is 14.9. The third-order valence-electron chi connectivity index (χ3n) is 2.69. The first-order valence-corrected chi connectivity index (χ1v) is 5.27. The molecule has 2 nitrogen and oxygen atoms in total. The maximum absolute atomic E-state index is 4.74. The van der Waals surface area contributed by atoms with Crippen molar-refractivity contribution in [3.05, 3.63) is 29.1 Å². The topological polar surface area (TPSA) is 24.9 Å². The summed E-state index contributed by atoms with van der Waals surface area (Å²) in [5.74, 6) is 0. The molecule has 0 spiro atoms. The lowest BCUT2D eigenvalue weighted by Crippen LogP contribution is -2.26. The van der Waals surface area contributed by atoms with Crippen LogP contribution >= 0.6 is 0 Å². The summed E-state index contributed by atoms with van der Waals surface area (Å²) in [6, 6.07) is 4.38. The summed E-state index contributed by atoms with van der Waals surface area (Å²) in [5, 5.41) is 3.36. The smallest absolute Gasteiger partial charge is 0.0464 e. The summed E-state index contributed by atoms with van der Waals surface area (Å²) in [5.41, 5.74) is 4.03. The molecular formula is C12H18N2. The van der Waals surface area contributed by atoms with Crippen LogP contribution in [0.15, 0.2) is 12.1 Å². The van der Waals surface area contributed by atoms with Gasteiger partial charge in [0.15, 0.2) is 0 Å². The van der Waals surface area contributed by atoms with E-state index >= 15 is 0 Å². The predicted octanol–water partition coefficient (Wildman–Crippen LogP) is 2.02. The lowest BCUT2D eigenvalue weighted by molar-refractivity contribution is 0.554. The highest BCUT2D eigenvalue weighted by Crippen LogP contribution is 2.22. The number of nitrogens with zero attached hydrogens (tertiary/aromatic N) is 1. The minimum absolute atomic E-state index is 0.167. The molecule has 1 aliphatic rings. The molecular weight excluding hydrogens is 172 g/mol. The van der Waals surface area contributed by atoms with Crippen LogP contribution in [0.2, 0.25) is 0 Å². The third-order valence-corrected chi connectivity index (χ3v) is 2.69. The summed E-state index contributed by atoms with van der Waals surface area (Å²) in [4.78, 5) is 4.74. The SMILES string of the molecule is CC(C)(C)c1ccc2c(n1)CCNC2. The van der Waals surface area contributed by atoms with Crippen LogP contribution in [0.3, 0.4) is 0 Å². The number of rotatable bonds is 0. The van der Waals surface area contributed by atoms with Gasteiger partial charge in [0.2, 0.25) is 0 Å². The summed E-state index contributed by atoms with van der Waals surface area (Å²) in [7, 11) is 0. The van der Waals surface area contributed by atoms with E-state index in [2.05, 4.69) is 38.2 Å². The van der Waals surface area contributed by atoms with E-state index in [1.165, 1.54) is 17.0 Å². The van der Waals surface area contributed by atoms with Crippen molar-refractivity contribution in [1.82, 2.24) is 10.3 Å². The second kappa shape index (κ2) is 3.35. The highest BCUT2D eigenvalue weighted by Gasteiger charge is 2.18. The number of nitrogens with one attached hydrogen (secondary N) is 1. The molecule has 0 fully saturated rings. The molecule has 2 heterocycles. The van der Waals surface area contributed by atoms with Crippen molar-refractivity contribution < 1.29 is 0 Å². The standard InChI is InChI=1S/C12H18N2/c1-12(2,3)11-5-4-9-8-13-7-6-10(9)14-11/h4-5,13H,6-8H2,1-3H3. The Balaban J connectivity index is 2.39. The Morgan fingerprint density at radius 2 is 2.07 bits per heavy atom. The maximum atomic E-state index is 4.74. The molecule has 76 valence electrons. The van der Waals surface area contributed by atoms with Crippen molar-refractivity contribution in [1.29, 1.82) is 0 Å². The van der Waals surface area contributed by atoms with Crippen LogP contribution in [0.4, 0.5) is 0 Å². The van der Waals surface area contributed by atoms with Gasteiger partial charge in [0.25, 0.3) is 0 Å². The number of aromatic nitrogens is 1. The summed E-state index contributed by atoms with van der Waals surface area (Å²) in [6.07, 6.45) is 1.07. The first kappa shape index (κ1) is 9.66. The van der Waals surface area contributed by atoms with Gasteiger partial charge in [-0.25, -0.2) is 0 Å². The van der Waals surface area contributed by atoms with Gasteiger partial charge >= 0.3 is 0 Å². The van der Waals surface area contributed by atoms with Crippen LogP contribution in [0.25, 0.3) is 0 Å². The lowest BCUT2D eigenvalue weighted by atomic mass is 9.90. The van der Waals surface area contributed by atoms with E-state index in [1.54, 1.807) is 0 Å². The van der Waals surface area contributed by atoms with Crippen molar-refractivity contribution in [2.45, 2.75) is 39.2 Å². The molecule has 0 aromatic carbocycles. The van der Waals surface area contributed by atoms with Crippen LogP contribution in [0.1, 0.15) is 37.7 Å². The number of pyridine rings is 1. The van der Waals surface area contributed by atoms with Gasteiger partial charge in [0.1, 0.15) is 0 Å². The molecule has 0 bridgehead atoms. The fraction of sp³-hybridized carbons (Fsp3) is 0.583. The lowest BCUT2D eigenvalue weighted by Gasteiger charge is -2.22. The molecule has 0 radical (unpaired) electrons. The first-order valence-electron chi connectivity index (χ1n) is 5.27. The first-order chi connectivity index (χ1) is 6.57. The van der Waals surface area contributed by atoms with E-state index in [9.17, 15) is 0 Å². The monoisotopic (exact) mass is 190 g/mol. The molecule has 0 atom stereocenters. The molecule has 2 heteroatoms. The zero-order valence-corrected chi connectivity index (χ0v) is 9.22. The molecule has 0 amide bonds. The van der Waals surface area contributed by atoms with Gasteiger partial charge in [0, 0.05) is 36.3 Å². The van der Waals surface area contributed by atoms with Crippen molar-refractivity contribution >= 4 is 0 Å². The zero-order chi connectivity index (χ0) is 10.2. The Morgan fingerprint density at radius 1 is 1.29 bits per heavy atom. The largest absolute Gasteiger partial charge is 0.312 e. The Bertz CT molecular complexity index is 337. The Labute approximate surface area is 85.7 Å².